The van der Waals surface area contributed by atoms with Crippen LogP contribution in [0.2, 0.25) is 0 Å². The van der Waals surface area contributed by atoms with Gasteiger partial charge in [-0.1, -0.05) is 65.0 Å². The van der Waals surface area contributed by atoms with Crippen LogP contribution in [0.15, 0.2) is 53.4 Å². The van der Waals surface area contributed by atoms with Crippen LogP contribution in [-0.4, -0.2) is 106 Å². The summed E-state index contributed by atoms with van der Waals surface area (Å²) < 4.78 is 52.6. The van der Waals surface area contributed by atoms with Crippen molar-refractivity contribution in [3.8, 4) is 0 Å². The number of aliphatic hydroxyl groups excluding tert-OH is 1. The van der Waals surface area contributed by atoms with Gasteiger partial charge in [-0.2, -0.15) is 0 Å². The Hall–Kier alpha value is -2.88. The van der Waals surface area contributed by atoms with E-state index in [1.54, 1.807) is 25.7 Å². The molecular formula is C32H51N5O7S2. The predicted octanol–water partition coefficient (Wildman–Crippen LogP) is 2.71. The van der Waals surface area contributed by atoms with E-state index in [0.717, 1.165) is 9.87 Å². The van der Waals surface area contributed by atoms with E-state index in [-0.39, 0.29) is 53.1 Å². The summed E-state index contributed by atoms with van der Waals surface area (Å²) >= 11 is 0. The van der Waals surface area contributed by atoms with Crippen LogP contribution in [0.25, 0.3) is 0 Å². The number of rotatable bonds is 19. The first-order chi connectivity index (χ1) is 21.5. The molecule has 0 aliphatic heterocycles. The molecule has 0 saturated heterocycles. The molecule has 0 spiro atoms. The van der Waals surface area contributed by atoms with E-state index in [0.29, 0.717) is 25.9 Å². The highest BCUT2D eigenvalue weighted by Gasteiger charge is 2.28. The van der Waals surface area contributed by atoms with E-state index in [2.05, 4.69) is 10.1 Å². The van der Waals surface area contributed by atoms with Crippen LogP contribution in [-0.2, 0) is 26.5 Å². The zero-order valence-corrected chi connectivity index (χ0v) is 29.7. The van der Waals surface area contributed by atoms with Gasteiger partial charge in [-0.15, -0.1) is 4.83 Å². The van der Waals surface area contributed by atoms with Crippen LogP contribution in [0.1, 0.15) is 73.7 Å². The fourth-order valence-electron chi connectivity index (χ4n) is 4.91. The molecule has 0 aliphatic carbocycles. The normalized spacial score (nSPS) is 13.6. The Labute approximate surface area is 275 Å². The molecule has 0 fully saturated rings. The van der Waals surface area contributed by atoms with E-state index in [4.69, 9.17) is 0 Å². The molecule has 2 aromatic rings. The molecule has 12 nitrogen and oxygen atoms in total. The van der Waals surface area contributed by atoms with Crippen molar-refractivity contribution in [2.75, 3.05) is 46.0 Å². The number of nitrogens with one attached hydrogen (secondary N) is 2. The fraction of sp³-hybridized carbons (Fsp3) is 0.562. The lowest BCUT2D eigenvalue weighted by Gasteiger charge is -2.30. The molecule has 0 aliphatic rings. The maximum absolute atomic E-state index is 13.8. The fourth-order valence-corrected chi connectivity index (χ4v) is 7.43. The Bertz CT molecular complexity index is 1490. The summed E-state index contributed by atoms with van der Waals surface area (Å²) in [5.41, 5.74) is 0.811. The Balaban J connectivity index is 2.51. The number of carbonyl (C=O) groups is 2. The second kappa shape index (κ2) is 17.9. The van der Waals surface area contributed by atoms with Gasteiger partial charge in [-0.05, 0) is 48.9 Å². The lowest BCUT2D eigenvalue weighted by Crippen LogP contribution is -2.53. The Morgan fingerprint density at radius 2 is 1.48 bits per heavy atom. The molecule has 46 heavy (non-hydrogen) atoms. The van der Waals surface area contributed by atoms with Gasteiger partial charge in [-0.25, -0.2) is 26.1 Å². The minimum Gasteiger partial charge on any atom is -0.390 e. The van der Waals surface area contributed by atoms with Crippen LogP contribution in [0.5, 0.6) is 0 Å². The topological polar surface area (TPSA) is 156 Å². The maximum Gasteiger partial charge on any atom is 0.253 e. The molecule has 2 atom stereocenters. The Morgan fingerprint density at radius 1 is 0.891 bits per heavy atom. The first-order valence-electron chi connectivity index (χ1n) is 15.7. The molecule has 2 rings (SSSR count). The number of hydrogen-bond acceptors (Lipinski definition) is 8. The number of sulfonamides is 2. The van der Waals surface area contributed by atoms with Crippen LogP contribution in [0.3, 0.4) is 0 Å². The van der Waals surface area contributed by atoms with E-state index < -0.39 is 38.1 Å². The van der Waals surface area contributed by atoms with Gasteiger partial charge in [0.25, 0.3) is 11.8 Å². The lowest BCUT2D eigenvalue weighted by molar-refractivity contribution is 0.0634. The van der Waals surface area contributed by atoms with E-state index in [1.807, 2.05) is 44.2 Å². The number of carbonyl (C=O) groups excluding carboxylic acids is 2. The standard InChI is InChI=1S/C32H51N5O7S2/c1-8-16-36(17-9-2)32(40)27-19-26(20-28(21-27)46(43,44)35(6)7)31(39)33-29(18-25-14-12-11-13-15-25)30(38)22-37(10-3)34-45(41,42)23-24(4)5/h11-15,19-21,24,29-30,34,38H,8-10,16-18,22-23H2,1-7H3,(H,33,39). The van der Waals surface area contributed by atoms with Crippen molar-refractivity contribution in [3.63, 3.8) is 0 Å². The lowest BCUT2D eigenvalue weighted by atomic mass is 10.00. The molecule has 2 unspecified atom stereocenters. The van der Waals surface area contributed by atoms with Gasteiger partial charge in [0.2, 0.25) is 20.0 Å². The summed E-state index contributed by atoms with van der Waals surface area (Å²) in [7, 11) is -4.95. The molecule has 0 radical (unpaired) electrons. The number of aliphatic hydroxyl groups is 1. The third-order valence-electron chi connectivity index (χ3n) is 7.16. The van der Waals surface area contributed by atoms with E-state index >= 15 is 0 Å². The third kappa shape index (κ3) is 11.7. The summed E-state index contributed by atoms with van der Waals surface area (Å²) in [5.74, 6) is -1.27. The zero-order valence-electron chi connectivity index (χ0n) is 28.1. The molecule has 14 heteroatoms. The highest BCUT2D eigenvalue weighted by Crippen LogP contribution is 2.21. The second-order valence-corrected chi connectivity index (χ2v) is 15.9. The van der Waals surface area contributed by atoms with Gasteiger partial charge < -0.3 is 15.3 Å². The quantitative estimate of drug-likeness (QED) is 0.191. The SMILES string of the molecule is CCCN(CCC)C(=O)c1cc(C(=O)NC(Cc2ccccc2)C(O)CN(CC)NS(=O)(=O)CC(C)C)cc(S(=O)(=O)N(C)C)c1. The van der Waals surface area contributed by atoms with Gasteiger partial charge in [0.1, 0.15) is 0 Å². The Kier molecular flexibility index (Phi) is 15.3. The zero-order chi connectivity index (χ0) is 34.7. The number of hydrogen-bond donors (Lipinski definition) is 3. The summed E-state index contributed by atoms with van der Waals surface area (Å²) in [5, 5.41) is 15.6. The average molecular weight is 682 g/mol. The van der Waals surface area contributed by atoms with Crippen molar-refractivity contribution < 1.29 is 31.5 Å². The molecular weight excluding hydrogens is 631 g/mol. The molecule has 0 aromatic heterocycles. The van der Waals surface area contributed by atoms with Crippen molar-refractivity contribution in [2.45, 2.75) is 70.9 Å². The van der Waals surface area contributed by atoms with Crippen molar-refractivity contribution in [2.24, 2.45) is 5.92 Å². The molecule has 0 saturated carbocycles. The molecule has 0 bridgehead atoms. The molecule has 258 valence electrons. The average Bonchev–Trinajstić information content (AvgIpc) is 2.99. The van der Waals surface area contributed by atoms with Gasteiger partial charge in [-0.3, -0.25) is 9.59 Å². The number of hydrazine groups is 1. The third-order valence-corrected chi connectivity index (χ3v) is 10.6. The largest absolute Gasteiger partial charge is 0.390 e. The van der Waals surface area contributed by atoms with Gasteiger partial charge >= 0.3 is 0 Å². The molecule has 2 aromatic carbocycles. The molecule has 3 N–H and O–H groups in total. The van der Waals surface area contributed by atoms with Crippen LogP contribution in [0.4, 0.5) is 0 Å². The van der Waals surface area contributed by atoms with Crippen LogP contribution < -0.4 is 10.1 Å². The number of nitrogens with zero attached hydrogens (tertiary/aromatic N) is 3. The minimum atomic E-state index is -4.02. The highest BCUT2D eigenvalue weighted by molar-refractivity contribution is 7.89. The predicted molar refractivity (Wildman–Crippen MR) is 180 cm³/mol. The van der Waals surface area contributed by atoms with Crippen molar-refractivity contribution in [1.29, 1.82) is 0 Å². The van der Waals surface area contributed by atoms with Gasteiger partial charge in [0, 0.05) is 51.4 Å². The van der Waals surface area contributed by atoms with Crippen LogP contribution in [0, 0.1) is 5.92 Å². The Morgan fingerprint density at radius 3 is 2.00 bits per heavy atom. The molecule has 2 amide bonds. The smallest absolute Gasteiger partial charge is 0.253 e. The van der Waals surface area contributed by atoms with Crippen LogP contribution >= 0.6 is 0 Å². The summed E-state index contributed by atoms with van der Waals surface area (Å²) in [6, 6.07) is 12.1. The van der Waals surface area contributed by atoms with E-state index in [1.165, 1.54) is 37.3 Å². The van der Waals surface area contributed by atoms with Crippen molar-refractivity contribution >= 4 is 31.9 Å². The summed E-state index contributed by atoms with van der Waals surface area (Å²) in [6.45, 7) is 10.3. The van der Waals surface area contributed by atoms with Gasteiger partial charge in [0.05, 0.1) is 22.8 Å². The highest BCUT2D eigenvalue weighted by atomic mass is 32.2. The monoisotopic (exact) mass is 681 g/mol. The first-order valence-corrected chi connectivity index (χ1v) is 18.8. The number of benzene rings is 2. The summed E-state index contributed by atoms with van der Waals surface area (Å²) in [6.07, 6.45) is 0.379. The summed E-state index contributed by atoms with van der Waals surface area (Å²) in [4.78, 5) is 31.3. The number of amides is 2. The first kappa shape index (κ1) is 39.3. The minimum absolute atomic E-state index is 0.0607. The van der Waals surface area contributed by atoms with E-state index in [9.17, 15) is 31.5 Å². The van der Waals surface area contributed by atoms with Crippen molar-refractivity contribution in [1.82, 2.24) is 24.4 Å². The molecule has 0 heterocycles. The maximum atomic E-state index is 13.8. The van der Waals surface area contributed by atoms with Gasteiger partial charge in [0.15, 0.2) is 0 Å². The second-order valence-electron chi connectivity index (χ2n) is 12.0. The van der Waals surface area contributed by atoms with Crippen molar-refractivity contribution in [3.05, 3.63) is 65.2 Å². The number of likely N-dealkylation sites (N-methyl/N-ethyl adjacent to an activating group) is 1.